The van der Waals surface area contributed by atoms with Crippen molar-refractivity contribution in [2.24, 2.45) is 5.73 Å². The van der Waals surface area contributed by atoms with Gasteiger partial charge in [-0.15, -0.1) is 0 Å². The van der Waals surface area contributed by atoms with Crippen LogP contribution in [0.3, 0.4) is 0 Å². The number of rotatable bonds is 7. The van der Waals surface area contributed by atoms with Gasteiger partial charge in [-0.3, -0.25) is 0 Å². The fourth-order valence-electron chi connectivity index (χ4n) is 1.78. The molecule has 0 saturated heterocycles. The van der Waals surface area contributed by atoms with Crippen molar-refractivity contribution >= 4 is 10.0 Å². The minimum atomic E-state index is -3.36. The molecule has 0 unspecified atom stereocenters. The summed E-state index contributed by atoms with van der Waals surface area (Å²) in [5.74, 6) is 0.668. The van der Waals surface area contributed by atoms with Crippen molar-refractivity contribution in [1.82, 2.24) is 4.31 Å². The van der Waals surface area contributed by atoms with Crippen LogP contribution in [-0.2, 0) is 10.0 Å². The van der Waals surface area contributed by atoms with Crippen LogP contribution in [0.5, 0.6) is 5.75 Å². The third-order valence-corrected chi connectivity index (χ3v) is 5.10. The van der Waals surface area contributed by atoms with Gasteiger partial charge in [0.2, 0.25) is 10.0 Å². The van der Waals surface area contributed by atoms with E-state index in [2.05, 4.69) is 0 Å². The van der Waals surface area contributed by atoms with E-state index in [1.165, 1.54) is 4.31 Å². The van der Waals surface area contributed by atoms with Crippen molar-refractivity contribution < 1.29 is 13.2 Å². The number of benzene rings is 1. The highest BCUT2D eigenvalue weighted by molar-refractivity contribution is 7.89. The molecule has 0 radical (unpaired) electrons. The second kappa shape index (κ2) is 5.90. The first-order valence-electron chi connectivity index (χ1n) is 6.46. The molecule has 5 nitrogen and oxygen atoms in total. The topological polar surface area (TPSA) is 72.6 Å². The largest absolute Gasteiger partial charge is 0.494 e. The molecule has 0 spiro atoms. The molecule has 106 valence electrons. The summed E-state index contributed by atoms with van der Waals surface area (Å²) in [4.78, 5) is 0.313. The highest BCUT2D eigenvalue weighted by atomic mass is 32.2. The Kier molecular flexibility index (Phi) is 4.44. The molecule has 19 heavy (non-hydrogen) atoms. The van der Waals surface area contributed by atoms with Crippen LogP contribution in [-0.4, -0.2) is 39.0 Å². The molecule has 1 fully saturated rings. The van der Waals surface area contributed by atoms with Crippen LogP contribution in [0.25, 0.3) is 0 Å². The molecule has 6 heteroatoms. The first-order chi connectivity index (χ1) is 9.05. The van der Waals surface area contributed by atoms with Crippen molar-refractivity contribution in [3.63, 3.8) is 0 Å². The molecule has 1 aromatic carbocycles. The lowest BCUT2D eigenvalue weighted by Crippen LogP contribution is -2.28. The molecule has 1 aliphatic rings. The predicted octanol–water partition coefficient (Wildman–Crippen LogP) is 1.20. The maximum absolute atomic E-state index is 12.3. The Labute approximate surface area is 114 Å². The van der Waals surface area contributed by atoms with Gasteiger partial charge in [0, 0.05) is 13.1 Å². The van der Waals surface area contributed by atoms with Crippen molar-refractivity contribution in [2.45, 2.75) is 30.2 Å². The highest BCUT2D eigenvalue weighted by Gasteiger charge is 2.34. The van der Waals surface area contributed by atoms with E-state index in [0.717, 1.165) is 19.3 Å². The number of sulfonamides is 1. The quantitative estimate of drug-likeness (QED) is 0.764. The summed E-state index contributed by atoms with van der Waals surface area (Å²) in [7, 11) is -1.72. The molecule has 2 rings (SSSR count). The average Bonchev–Trinajstić information content (AvgIpc) is 3.23. The fraction of sp³-hybridized carbons (Fsp3) is 0.538. The Morgan fingerprint density at radius 2 is 1.95 bits per heavy atom. The van der Waals surface area contributed by atoms with Crippen molar-refractivity contribution in [3.05, 3.63) is 24.3 Å². The normalized spacial score (nSPS) is 15.7. The maximum Gasteiger partial charge on any atom is 0.243 e. The summed E-state index contributed by atoms with van der Waals surface area (Å²) in [6.07, 6.45) is 2.69. The SMILES string of the molecule is CN(C1CC1)S(=O)(=O)c1ccc(OCCCN)cc1. The summed E-state index contributed by atoms with van der Waals surface area (Å²) >= 11 is 0. The van der Waals surface area contributed by atoms with Gasteiger partial charge in [0.1, 0.15) is 5.75 Å². The van der Waals surface area contributed by atoms with E-state index >= 15 is 0 Å². The van der Waals surface area contributed by atoms with E-state index in [9.17, 15) is 8.42 Å². The molecule has 0 aliphatic heterocycles. The van der Waals surface area contributed by atoms with Gasteiger partial charge in [-0.2, -0.15) is 4.31 Å². The lowest BCUT2D eigenvalue weighted by atomic mass is 10.3. The second-order valence-electron chi connectivity index (χ2n) is 4.71. The summed E-state index contributed by atoms with van der Waals surface area (Å²) in [6.45, 7) is 1.13. The maximum atomic E-state index is 12.3. The molecule has 0 amide bonds. The molecule has 1 aromatic rings. The Bertz CT molecular complexity index is 509. The smallest absolute Gasteiger partial charge is 0.243 e. The van der Waals surface area contributed by atoms with E-state index in [-0.39, 0.29) is 6.04 Å². The van der Waals surface area contributed by atoms with E-state index < -0.39 is 10.0 Å². The van der Waals surface area contributed by atoms with Crippen LogP contribution in [0.4, 0.5) is 0 Å². The summed E-state index contributed by atoms with van der Waals surface area (Å²) < 4.78 is 31.4. The van der Waals surface area contributed by atoms with Crippen LogP contribution >= 0.6 is 0 Å². The summed E-state index contributed by atoms with van der Waals surface area (Å²) in [5.41, 5.74) is 5.38. The van der Waals surface area contributed by atoms with Crippen molar-refractivity contribution in [1.29, 1.82) is 0 Å². The van der Waals surface area contributed by atoms with Crippen LogP contribution < -0.4 is 10.5 Å². The molecule has 0 bridgehead atoms. The van der Waals surface area contributed by atoms with Gasteiger partial charge in [-0.1, -0.05) is 0 Å². The molecule has 0 heterocycles. The predicted molar refractivity (Wildman–Crippen MR) is 73.6 cm³/mol. The third kappa shape index (κ3) is 3.46. The van der Waals surface area contributed by atoms with Gasteiger partial charge < -0.3 is 10.5 Å². The molecule has 0 atom stereocenters. The van der Waals surface area contributed by atoms with E-state index in [4.69, 9.17) is 10.5 Å². The van der Waals surface area contributed by atoms with Crippen LogP contribution in [0.15, 0.2) is 29.2 Å². The lowest BCUT2D eigenvalue weighted by molar-refractivity contribution is 0.313. The Balaban J connectivity index is 2.04. The van der Waals surface area contributed by atoms with E-state index in [1.807, 2.05) is 0 Å². The Hall–Kier alpha value is -1.11. The van der Waals surface area contributed by atoms with Crippen LogP contribution in [0, 0.1) is 0 Å². The van der Waals surface area contributed by atoms with Gasteiger partial charge in [-0.05, 0) is 50.1 Å². The van der Waals surface area contributed by atoms with Gasteiger partial charge in [0.05, 0.1) is 11.5 Å². The van der Waals surface area contributed by atoms with Gasteiger partial charge >= 0.3 is 0 Å². The Morgan fingerprint density at radius 1 is 1.32 bits per heavy atom. The third-order valence-electron chi connectivity index (χ3n) is 3.18. The minimum absolute atomic E-state index is 0.172. The lowest BCUT2D eigenvalue weighted by Gasteiger charge is -2.16. The first-order valence-corrected chi connectivity index (χ1v) is 7.90. The number of hydrogen-bond donors (Lipinski definition) is 1. The van der Waals surface area contributed by atoms with E-state index in [1.54, 1.807) is 31.3 Å². The number of nitrogens with zero attached hydrogens (tertiary/aromatic N) is 1. The fourth-order valence-corrected chi connectivity index (χ4v) is 3.20. The average molecular weight is 284 g/mol. The van der Waals surface area contributed by atoms with Gasteiger partial charge in [0.15, 0.2) is 0 Å². The molecule has 1 saturated carbocycles. The van der Waals surface area contributed by atoms with Gasteiger partial charge in [-0.25, -0.2) is 8.42 Å². The zero-order valence-electron chi connectivity index (χ0n) is 11.1. The monoisotopic (exact) mass is 284 g/mol. The molecule has 2 N–H and O–H groups in total. The molecular formula is C13H20N2O3S. The standard InChI is InChI=1S/C13H20N2O3S/c1-15(11-3-4-11)19(16,17)13-7-5-12(6-8-13)18-10-2-9-14/h5-8,11H,2-4,9-10,14H2,1H3. The van der Waals surface area contributed by atoms with E-state index in [0.29, 0.717) is 23.8 Å². The zero-order chi connectivity index (χ0) is 13.9. The summed E-state index contributed by atoms with van der Waals surface area (Å²) in [6, 6.07) is 6.72. The highest BCUT2D eigenvalue weighted by Crippen LogP contribution is 2.30. The Morgan fingerprint density at radius 3 is 2.47 bits per heavy atom. The number of nitrogens with two attached hydrogens (primary N) is 1. The molecular weight excluding hydrogens is 264 g/mol. The van der Waals surface area contributed by atoms with Crippen LogP contribution in [0.1, 0.15) is 19.3 Å². The number of hydrogen-bond acceptors (Lipinski definition) is 4. The van der Waals surface area contributed by atoms with Gasteiger partial charge in [0.25, 0.3) is 0 Å². The summed E-state index contributed by atoms with van der Waals surface area (Å²) in [5, 5.41) is 0. The minimum Gasteiger partial charge on any atom is -0.494 e. The molecule has 0 aromatic heterocycles. The zero-order valence-corrected chi connectivity index (χ0v) is 11.9. The van der Waals surface area contributed by atoms with Crippen molar-refractivity contribution in [2.75, 3.05) is 20.2 Å². The molecule has 1 aliphatic carbocycles. The second-order valence-corrected chi connectivity index (χ2v) is 6.71. The van der Waals surface area contributed by atoms with Crippen LogP contribution in [0.2, 0.25) is 0 Å². The number of ether oxygens (including phenoxy) is 1. The first kappa shape index (κ1) is 14.3. The van der Waals surface area contributed by atoms with Crippen molar-refractivity contribution in [3.8, 4) is 5.75 Å².